The number of rotatable bonds is 2. The minimum absolute atomic E-state index is 0.0321. The quantitative estimate of drug-likeness (QED) is 0.620. The van der Waals surface area contributed by atoms with E-state index in [1.165, 1.54) is 3.57 Å². The van der Waals surface area contributed by atoms with Crippen LogP contribution in [0.4, 0.5) is 0 Å². The number of hydrogen-bond donors (Lipinski definition) is 0. The fourth-order valence-electron chi connectivity index (χ4n) is 1.51. The lowest BCUT2D eigenvalue weighted by Crippen LogP contribution is -2.01. The number of hydrogen-bond acceptors (Lipinski definition) is 2. The highest BCUT2D eigenvalue weighted by molar-refractivity contribution is 14.1. The second kappa shape index (κ2) is 4.79. The highest BCUT2D eigenvalue weighted by atomic mass is 127. The van der Waals surface area contributed by atoms with E-state index in [2.05, 4.69) is 28.7 Å². The molecule has 1 atom stereocenters. The van der Waals surface area contributed by atoms with Gasteiger partial charge in [-0.15, -0.1) is 0 Å². The van der Waals surface area contributed by atoms with Crippen LogP contribution in [0.15, 0.2) is 30.3 Å². The van der Waals surface area contributed by atoms with E-state index in [1.807, 2.05) is 30.4 Å². The number of benzene rings is 1. The van der Waals surface area contributed by atoms with E-state index < -0.39 is 0 Å². The van der Waals surface area contributed by atoms with Gasteiger partial charge in [-0.05, 0) is 52.8 Å². The van der Waals surface area contributed by atoms with Crippen LogP contribution in [0.25, 0.3) is 6.08 Å². The maximum atomic E-state index is 10.9. The molecule has 1 aliphatic rings. The lowest BCUT2D eigenvalue weighted by Gasteiger charge is -2.01. The predicted molar refractivity (Wildman–Crippen MR) is 67.3 cm³/mol. The minimum Gasteiger partial charge on any atom is -0.458 e. The Kier molecular flexibility index (Phi) is 3.41. The van der Waals surface area contributed by atoms with Gasteiger partial charge in [0.05, 0.1) is 0 Å². The molecular weight excluding hydrogens is 303 g/mol. The van der Waals surface area contributed by atoms with Crippen molar-refractivity contribution in [2.24, 2.45) is 0 Å². The summed E-state index contributed by atoms with van der Waals surface area (Å²) in [4.78, 5) is 10.9. The summed E-state index contributed by atoms with van der Waals surface area (Å²) in [5, 5.41) is 0. The molecule has 78 valence electrons. The molecule has 0 unspecified atom stereocenters. The zero-order chi connectivity index (χ0) is 10.7. The Hall–Kier alpha value is -0.840. The van der Waals surface area contributed by atoms with E-state index in [0.29, 0.717) is 6.42 Å². The van der Waals surface area contributed by atoms with E-state index in [1.54, 1.807) is 0 Å². The van der Waals surface area contributed by atoms with Crippen LogP contribution in [0, 0.1) is 3.57 Å². The summed E-state index contributed by atoms with van der Waals surface area (Å²) in [6.45, 7) is 0. The molecule has 1 aromatic carbocycles. The highest BCUT2D eigenvalue weighted by Gasteiger charge is 2.20. The molecule has 0 amide bonds. The standard InChI is InChI=1S/C12H11IO2/c13-10-3-1-2-9(8-10)4-5-11-6-7-12(14)15-11/h1-5,8,11H,6-7H2/b5-4-/t11-/m0/s1. The fourth-order valence-corrected chi connectivity index (χ4v) is 2.08. The van der Waals surface area contributed by atoms with E-state index >= 15 is 0 Å². The molecule has 1 heterocycles. The molecule has 0 N–H and O–H groups in total. The summed E-state index contributed by atoms with van der Waals surface area (Å²) in [5.41, 5.74) is 1.14. The molecular formula is C12H11IO2. The van der Waals surface area contributed by atoms with Crippen LogP contribution in [-0.4, -0.2) is 12.1 Å². The highest BCUT2D eigenvalue weighted by Crippen LogP contribution is 2.16. The number of carbonyl (C=O) groups excluding carboxylic acids is 1. The molecule has 0 radical (unpaired) electrons. The number of ether oxygens (including phenoxy) is 1. The molecule has 0 saturated carbocycles. The minimum atomic E-state index is -0.0905. The van der Waals surface area contributed by atoms with Gasteiger partial charge in [0.2, 0.25) is 0 Å². The van der Waals surface area contributed by atoms with E-state index in [4.69, 9.17) is 4.74 Å². The van der Waals surface area contributed by atoms with Crippen molar-refractivity contribution in [3.8, 4) is 0 Å². The third kappa shape index (κ3) is 3.06. The molecule has 1 saturated heterocycles. The van der Waals surface area contributed by atoms with Crippen molar-refractivity contribution in [1.82, 2.24) is 0 Å². The Morgan fingerprint density at radius 2 is 2.33 bits per heavy atom. The molecule has 1 aromatic rings. The molecule has 1 aliphatic heterocycles. The molecule has 0 spiro atoms. The van der Waals surface area contributed by atoms with Crippen molar-refractivity contribution in [1.29, 1.82) is 0 Å². The van der Waals surface area contributed by atoms with Crippen LogP contribution in [0.3, 0.4) is 0 Å². The van der Waals surface area contributed by atoms with Crippen molar-refractivity contribution < 1.29 is 9.53 Å². The first-order chi connectivity index (χ1) is 7.24. The van der Waals surface area contributed by atoms with Gasteiger partial charge in [-0.1, -0.05) is 18.2 Å². The maximum Gasteiger partial charge on any atom is 0.306 e. The molecule has 0 aromatic heterocycles. The van der Waals surface area contributed by atoms with Gasteiger partial charge in [0, 0.05) is 9.99 Å². The third-order valence-corrected chi connectivity index (χ3v) is 2.94. The van der Waals surface area contributed by atoms with Crippen LogP contribution in [-0.2, 0) is 9.53 Å². The second-order valence-corrected chi connectivity index (χ2v) is 4.73. The van der Waals surface area contributed by atoms with Gasteiger partial charge in [-0.3, -0.25) is 4.79 Å². The van der Waals surface area contributed by atoms with Crippen molar-refractivity contribution >= 4 is 34.6 Å². The number of cyclic esters (lactones) is 1. The van der Waals surface area contributed by atoms with Crippen molar-refractivity contribution in [3.05, 3.63) is 39.5 Å². The summed E-state index contributed by atoms with van der Waals surface area (Å²) in [7, 11) is 0. The lowest BCUT2D eigenvalue weighted by molar-refractivity contribution is -0.139. The normalized spacial score (nSPS) is 20.9. The van der Waals surface area contributed by atoms with Gasteiger partial charge in [0.25, 0.3) is 0 Å². The van der Waals surface area contributed by atoms with Crippen molar-refractivity contribution in [2.45, 2.75) is 18.9 Å². The van der Waals surface area contributed by atoms with Gasteiger partial charge in [0.1, 0.15) is 6.10 Å². The second-order valence-electron chi connectivity index (χ2n) is 3.48. The Bertz CT molecular complexity index is 398. The van der Waals surface area contributed by atoms with Crippen LogP contribution in [0.2, 0.25) is 0 Å². The zero-order valence-corrected chi connectivity index (χ0v) is 10.3. The third-order valence-electron chi connectivity index (χ3n) is 2.27. The van der Waals surface area contributed by atoms with Crippen LogP contribution in [0.1, 0.15) is 18.4 Å². The fraction of sp³-hybridized carbons (Fsp3) is 0.250. The monoisotopic (exact) mass is 314 g/mol. The molecule has 2 nitrogen and oxygen atoms in total. The lowest BCUT2D eigenvalue weighted by atomic mass is 10.1. The first-order valence-electron chi connectivity index (χ1n) is 4.87. The van der Waals surface area contributed by atoms with Crippen LogP contribution < -0.4 is 0 Å². The summed E-state index contributed by atoms with van der Waals surface area (Å²) >= 11 is 2.28. The van der Waals surface area contributed by atoms with Gasteiger partial charge in [-0.25, -0.2) is 0 Å². The Morgan fingerprint density at radius 3 is 3.00 bits per heavy atom. The zero-order valence-electron chi connectivity index (χ0n) is 8.15. The first-order valence-corrected chi connectivity index (χ1v) is 5.95. The molecule has 15 heavy (non-hydrogen) atoms. The van der Waals surface area contributed by atoms with Gasteiger partial charge < -0.3 is 4.74 Å². The Labute approximate surface area is 102 Å². The van der Waals surface area contributed by atoms with Gasteiger partial charge in [0.15, 0.2) is 0 Å². The number of halogens is 1. The van der Waals surface area contributed by atoms with Gasteiger partial charge >= 0.3 is 5.97 Å². The number of esters is 1. The van der Waals surface area contributed by atoms with Crippen LogP contribution in [0.5, 0.6) is 0 Å². The molecule has 0 bridgehead atoms. The SMILES string of the molecule is O=C1CC[C@H](/C=C\c2cccc(I)c2)O1. The van der Waals surface area contributed by atoms with Gasteiger partial charge in [-0.2, -0.15) is 0 Å². The van der Waals surface area contributed by atoms with E-state index in [9.17, 15) is 4.79 Å². The van der Waals surface area contributed by atoms with E-state index in [-0.39, 0.29) is 12.1 Å². The summed E-state index contributed by atoms with van der Waals surface area (Å²) in [6, 6.07) is 8.19. The average Bonchev–Trinajstić information content (AvgIpc) is 2.62. The largest absolute Gasteiger partial charge is 0.458 e. The summed E-state index contributed by atoms with van der Waals surface area (Å²) in [6.07, 6.45) is 5.28. The summed E-state index contributed by atoms with van der Waals surface area (Å²) < 4.78 is 6.29. The van der Waals surface area contributed by atoms with Crippen LogP contribution >= 0.6 is 22.6 Å². The first kappa shape index (κ1) is 10.7. The molecule has 3 heteroatoms. The summed E-state index contributed by atoms with van der Waals surface area (Å²) in [5.74, 6) is -0.0905. The maximum absolute atomic E-state index is 10.9. The Balaban J connectivity index is 2.02. The van der Waals surface area contributed by atoms with Crippen molar-refractivity contribution in [3.63, 3.8) is 0 Å². The number of carbonyl (C=O) groups is 1. The molecule has 0 aliphatic carbocycles. The average molecular weight is 314 g/mol. The van der Waals surface area contributed by atoms with Crippen molar-refractivity contribution in [2.75, 3.05) is 0 Å². The molecule has 1 fully saturated rings. The molecule has 2 rings (SSSR count). The Morgan fingerprint density at radius 1 is 1.47 bits per heavy atom. The topological polar surface area (TPSA) is 26.3 Å². The van der Waals surface area contributed by atoms with E-state index in [0.717, 1.165) is 12.0 Å². The predicted octanol–water partition coefficient (Wildman–Crippen LogP) is 3.01. The smallest absolute Gasteiger partial charge is 0.306 e.